The number of hydrogen-bond donors (Lipinski definition) is 1. The highest BCUT2D eigenvalue weighted by molar-refractivity contribution is 5.87. The largest absolute Gasteiger partial charge is 0.355 e. The first-order valence-corrected chi connectivity index (χ1v) is 10.2. The van der Waals surface area contributed by atoms with Gasteiger partial charge in [0.15, 0.2) is 5.58 Å². The Labute approximate surface area is 183 Å². The molecule has 158 valence electrons. The van der Waals surface area contributed by atoms with Gasteiger partial charge in [0.25, 0.3) is 5.92 Å². The number of aryl methyl sites for hydroxylation is 1. The Hall–Kier alpha value is -3.98. The number of rotatable bonds is 3. The molecule has 0 bridgehead atoms. The van der Waals surface area contributed by atoms with Gasteiger partial charge in [0, 0.05) is 35.2 Å². The molecular formula is C26H19F2N3O. The highest BCUT2D eigenvalue weighted by Gasteiger charge is 2.24. The molecule has 6 heteroatoms. The average Bonchev–Trinajstić information content (AvgIpc) is 3.39. The smallest absolute Gasteiger partial charge is 0.270 e. The van der Waals surface area contributed by atoms with Crippen molar-refractivity contribution in [1.82, 2.24) is 15.4 Å². The maximum absolute atomic E-state index is 13.7. The molecule has 5 aromatic rings. The molecule has 2 heterocycles. The van der Waals surface area contributed by atoms with Crippen LogP contribution in [0.5, 0.6) is 0 Å². The molecule has 32 heavy (non-hydrogen) atoms. The first-order chi connectivity index (χ1) is 15.4. The van der Waals surface area contributed by atoms with Crippen LogP contribution < -0.4 is 0 Å². The van der Waals surface area contributed by atoms with Crippen molar-refractivity contribution >= 4 is 21.9 Å². The SMILES string of the molecule is Cc1ccc2c(Cc3cccc(C(C)(F)F)c3)noc2c1C#Cc1ccc2[nH]ncc2c1. The van der Waals surface area contributed by atoms with E-state index in [0.29, 0.717) is 17.7 Å². The fourth-order valence-corrected chi connectivity index (χ4v) is 3.74. The van der Waals surface area contributed by atoms with Crippen LogP contribution >= 0.6 is 0 Å². The van der Waals surface area contributed by atoms with Crippen LogP contribution in [0.1, 0.15) is 40.4 Å². The van der Waals surface area contributed by atoms with E-state index in [1.165, 1.54) is 12.1 Å². The molecule has 0 radical (unpaired) electrons. The lowest BCUT2D eigenvalue weighted by atomic mass is 10.00. The van der Waals surface area contributed by atoms with Crippen LogP contribution in [0.3, 0.4) is 0 Å². The van der Waals surface area contributed by atoms with Crippen LogP contribution in [-0.2, 0) is 12.3 Å². The van der Waals surface area contributed by atoms with E-state index < -0.39 is 5.92 Å². The molecular weight excluding hydrogens is 408 g/mol. The van der Waals surface area contributed by atoms with E-state index in [1.807, 2.05) is 43.3 Å². The summed E-state index contributed by atoms with van der Waals surface area (Å²) in [6.45, 7) is 2.87. The van der Waals surface area contributed by atoms with Crippen molar-refractivity contribution in [2.24, 2.45) is 0 Å². The first-order valence-electron chi connectivity index (χ1n) is 10.2. The number of aromatic amines is 1. The van der Waals surface area contributed by atoms with Crippen LogP contribution in [0.25, 0.3) is 21.9 Å². The summed E-state index contributed by atoms with van der Waals surface area (Å²) in [5, 5.41) is 13.0. The van der Waals surface area contributed by atoms with E-state index in [0.717, 1.165) is 45.5 Å². The Morgan fingerprint density at radius 1 is 1.06 bits per heavy atom. The molecule has 0 aliphatic carbocycles. The van der Waals surface area contributed by atoms with Crippen LogP contribution in [-0.4, -0.2) is 15.4 Å². The molecule has 2 aromatic heterocycles. The third kappa shape index (κ3) is 3.74. The number of halogens is 2. The number of hydrogen-bond acceptors (Lipinski definition) is 3. The molecule has 0 amide bonds. The number of H-pyrrole nitrogens is 1. The Morgan fingerprint density at radius 2 is 1.94 bits per heavy atom. The third-order valence-corrected chi connectivity index (χ3v) is 5.50. The number of nitrogens with zero attached hydrogens (tertiary/aromatic N) is 2. The molecule has 0 fully saturated rings. The van der Waals surface area contributed by atoms with Gasteiger partial charge in [-0.05, 0) is 48.4 Å². The van der Waals surface area contributed by atoms with Gasteiger partial charge in [-0.3, -0.25) is 5.10 Å². The van der Waals surface area contributed by atoms with Crippen LogP contribution in [0.4, 0.5) is 8.78 Å². The van der Waals surface area contributed by atoms with Gasteiger partial charge in [-0.2, -0.15) is 5.10 Å². The summed E-state index contributed by atoms with van der Waals surface area (Å²) < 4.78 is 33.1. The third-order valence-electron chi connectivity index (χ3n) is 5.50. The minimum absolute atomic E-state index is 0.0141. The van der Waals surface area contributed by atoms with Crippen LogP contribution in [0.15, 0.2) is 65.3 Å². The lowest BCUT2D eigenvalue weighted by Crippen LogP contribution is -2.07. The van der Waals surface area contributed by atoms with E-state index in [1.54, 1.807) is 12.3 Å². The van der Waals surface area contributed by atoms with Gasteiger partial charge in [-0.25, -0.2) is 8.78 Å². The molecule has 0 saturated carbocycles. The van der Waals surface area contributed by atoms with Gasteiger partial charge in [-0.15, -0.1) is 0 Å². The van der Waals surface area contributed by atoms with Gasteiger partial charge < -0.3 is 4.52 Å². The Kier molecular flexibility index (Phi) is 4.75. The lowest BCUT2D eigenvalue weighted by Gasteiger charge is -2.11. The molecule has 5 rings (SSSR count). The summed E-state index contributed by atoms with van der Waals surface area (Å²) in [6.07, 6.45) is 2.16. The van der Waals surface area contributed by atoms with Gasteiger partial charge >= 0.3 is 0 Å². The standard InChI is InChI=1S/C26H19F2N3O/c1-16-6-9-22-24(14-18-4-3-5-20(13-18)26(2,27)28)31-32-25(22)21(16)10-7-17-8-11-23-19(12-17)15-29-30-23/h3-6,8-9,11-13,15H,14H2,1-2H3,(H,29,30). The normalized spacial score (nSPS) is 11.6. The van der Waals surface area contributed by atoms with E-state index in [9.17, 15) is 8.78 Å². The van der Waals surface area contributed by atoms with Gasteiger partial charge in [0.1, 0.15) is 0 Å². The zero-order valence-electron chi connectivity index (χ0n) is 17.5. The zero-order chi connectivity index (χ0) is 22.3. The van der Waals surface area contributed by atoms with Crippen LogP contribution in [0, 0.1) is 18.8 Å². The van der Waals surface area contributed by atoms with E-state index in [2.05, 4.69) is 27.2 Å². The summed E-state index contributed by atoms with van der Waals surface area (Å²) in [5.41, 5.74) is 5.60. The second kappa shape index (κ2) is 7.61. The fourth-order valence-electron chi connectivity index (χ4n) is 3.74. The van der Waals surface area contributed by atoms with Gasteiger partial charge in [0.05, 0.1) is 23.0 Å². The molecule has 0 saturated heterocycles. The molecule has 1 N–H and O–H groups in total. The van der Waals surface area contributed by atoms with Crippen molar-refractivity contribution in [1.29, 1.82) is 0 Å². The second-order valence-corrected chi connectivity index (χ2v) is 7.95. The summed E-state index contributed by atoms with van der Waals surface area (Å²) in [5.74, 6) is 3.53. The quantitative estimate of drug-likeness (QED) is 0.353. The number of nitrogens with one attached hydrogen (secondary N) is 1. The van der Waals surface area contributed by atoms with E-state index >= 15 is 0 Å². The topological polar surface area (TPSA) is 54.7 Å². The minimum atomic E-state index is -2.89. The van der Waals surface area contributed by atoms with Crippen molar-refractivity contribution < 1.29 is 13.3 Å². The molecule has 3 aromatic carbocycles. The maximum atomic E-state index is 13.7. The average molecular weight is 427 g/mol. The van der Waals surface area contributed by atoms with Crippen molar-refractivity contribution in [3.05, 3.63) is 94.3 Å². The Bertz CT molecular complexity index is 1510. The van der Waals surface area contributed by atoms with Crippen molar-refractivity contribution in [2.75, 3.05) is 0 Å². The molecule has 0 aliphatic heterocycles. The molecule has 0 spiro atoms. The summed E-state index contributed by atoms with van der Waals surface area (Å²) >= 11 is 0. The van der Waals surface area contributed by atoms with Crippen molar-refractivity contribution in [2.45, 2.75) is 26.2 Å². The number of aromatic nitrogens is 3. The zero-order valence-corrected chi connectivity index (χ0v) is 17.5. The maximum Gasteiger partial charge on any atom is 0.270 e. The molecule has 0 aliphatic rings. The molecule has 0 unspecified atom stereocenters. The van der Waals surface area contributed by atoms with Gasteiger partial charge in [0.2, 0.25) is 0 Å². The summed E-state index contributed by atoms with van der Waals surface area (Å²) in [7, 11) is 0. The van der Waals surface area contributed by atoms with E-state index in [-0.39, 0.29) is 5.56 Å². The van der Waals surface area contributed by atoms with E-state index in [4.69, 9.17) is 4.52 Å². The minimum Gasteiger partial charge on any atom is -0.355 e. The summed E-state index contributed by atoms with van der Waals surface area (Å²) in [6, 6.07) is 16.2. The monoisotopic (exact) mass is 427 g/mol. The highest BCUT2D eigenvalue weighted by Crippen LogP contribution is 2.30. The van der Waals surface area contributed by atoms with Gasteiger partial charge in [-0.1, -0.05) is 41.3 Å². The molecule has 0 atom stereocenters. The first kappa shape index (κ1) is 20.0. The number of alkyl halides is 2. The van der Waals surface area contributed by atoms with Crippen LogP contribution in [0.2, 0.25) is 0 Å². The predicted molar refractivity (Wildman–Crippen MR) is 120 cm³/mol. The summed E-state index contributed by atoms with van der Waals surface area (Å²) in [4.78, 5) is 0. The Morgan fingerprint density at radius 3 is 2.78 bits per heavy atom. The van der Waals surface area contributed by atoms with Crippen molar-refractivity contribution in [3.8, 4) is 11.8 Å². The fraction of sp³-hybridized carbons (Fsp3) is 0.154. The van der Waals surface area contributed by atoms with Crippen molar-refractivity contribution in [3.63, 3.8) is 0 Å². The second-order valence-electron chi connectivity index (χ2n) is 7.95. The molecule has 4 nitrogen and oxygen atoms in total. The Balaban J connectivity index is 1.51. The highest BCUT2D eigenvalue weighted by atomic mass is 19.3. The predicted octanol–water partition coefficient (Wildman–Crippen LogP) is 6.11. The number of benzene rings is 3. The number of fused-ring (bicyclic) bond motifs is 2. The lowest BCUT2D eigenvalue weighted by molar-refractivity contribution is 0.0174.